The molecule has 5 atom stereocenters. The number of fused-ring (bicyclic) bond motifs is 1. The van der Waals surface area contributed by atoms with Crippen molar-refractivity contribution >= 4 is 40.7 Å². The highest BCUT2D eigenvalue weighted by Crippen LogP contribution is 2.63. The van der Waals surface area contributed by atoms with Crippen LogP contribution in [0.2, 0.25) is 5.02 Å². The summed E-state index contributed by atoms with van der Waals surface area (Å²) in [6, 6.07) is 13.1. The van der Waals surface area contributed by atoms with Gasteiger partial charge in [-0.15, -0.1) is 0 Å². The number of carbonyl (C=O) groups is 3. The zero-order valence-corrected chi connectivity index (χ0v) is 24.3. The first kappa shape index (κ1) is 29.4. The highest BCUT2D eigenvalue weighted by atomic mass is 35.5. The Kier molecular flexibility index (Phi) is 8.59. The molecule has 1 spiro atoms. The molecule has 0 saturated carbocycles. The van der Waals surface area contributed by atoms with Crippen LogP contribution in [0.3, 0.4) is 0 Å². The fraction of sp³-hybridized carbons (Fsp3) is 0.516. The molecule has 10 heteroatoms. The SMILES string of the molecule is CCOc1ccc(NC(=O)[C@H]2[C@H]3C(=O)N(CCCCCCO)C(C(=O)Nc4ccc(Cl)cc4)C34CC[C@]2(C)O4)cc1. The fourth-order valence-electron chi connectivity index (χ4n) is 6.88. The van der Waals surface area contributed by atoms with Crippen LogP contribution in [0, 0.1) is 11.8 Å². The summed E-state index contributed by atoms with van der Waals surface area (Å²) in [6.45, 7) is 4.82. The summed E-state index contributed by atoms with van der Waals surface area (Å²) < 4.78 is 12.2. The van der Waals surface area contributed by atoms with Crippen molar-refractivity contribution in [2.24, 2.45) is 11.8 Å². The first-order valence-corrected chi connectivity index (χ1v) is 14.8. The van der Waals surface area contributed by atoms with E-state index in [9.17, 15) is 14.4 Å². The number of rotatable bonds is 12. The summed E-state index contributed by atoms with van der Waals surface area (Å²) >= 11 is 6.03. The van der Waals surface area contributed by atoms with Gasteiger partial charge in [0.15, 0.2) is 0 Å². The van der Waals surface area contributed by atoms with Gasteiger partial charge >= 0.3 is 0 Å². The van der Waals surface area contributed by atoms with Crippen LogP contribution in [-0.4, -0.2) is 64.7 Å². The van der Waals surface area contributed by atoms with E-state index in [0.717, 1.165) is 12.8 Å². The number of unbranched alkanes of at least 4 members (excludes halogenated alkanes) is 3. The third-order valence-electron chi connectivity index (χ3n) is 8.66. The van der Waals surface area contributed by atoms with Crippen LogP contribution in [0.25, 0.3) is 0 Å². The smallest absolute Gasteiger partial charge is 0.250 e. The maximum absolute atomic E-state index is 14.1. The lowest BCUT2D eigenvalue weighted by molar-refractivity contribution is -0.143. The number of anilines is 2. The van der Waals surface area contributed by atoms with Gasteiger partial charge in [0.1, 0.15) is 17.4 Å². The van der Waals surface area contributed by atoms with Crippen molar-refractivity contribution in [3.05, 3.63) is 53.6 Å². The van der Waals surface area contributed by atoms with E-state index in [1.54, 1.807) is 53.4 Å². The molecule has 3 N–H and O–H groups in total. The Hall–Kier alpha value is -3.14. The van der Waals surface area contributed by atoms with E-state index in [4.69, 9.17) is 26.2 Å². The molecule has 5 rings (SSSR count). The fourth-order valence-corrected chi connectivity index (χ4v) is 7.01. The molecule has 2 bridgehead atoms. The Balaban J connectivity index is 1.42. The first-order chi connectivity index (χ1) is 19.7. The minimum Gasteiger partial charge on any atom is -0.494 e. The van der Waals surface area contributed by atoms with E-state index in [0.29, 0.717) is 61.0 Å². The number of hydrogen-bond acceptors (Lipinski definition) is 6. The van der Waals surface area contributed by atoms with Crippen LogP contribution in [-0.2, 0) is 19.1 Å². The number of carbonyl (C=O) groups excluding carboxylic acids is 3. The summed E-state index contributed by atoms with van der Waals surface area (Å²) in [5.41, 5.74) is -0.809. The third-order valence-corrected chi connectivity index (χ3v) is 8.91. The second-order valence-corrected chi connectivity index (χ2v) is 11.8. The standard InChI is InChI=1S/C31H38ClN3O6/c1-3-40-23-14-12-22(13-15-23)33-27(37)24-25-29(39)35(18-6-4-5-7-19-36)26(31(25)17-16-30(24,2)41-31)28(38)34-21-10-8-20(32)9-11-21/h8-15,24-26,36H,3-7,16-19H2,1-2H3,(H,33,37)(H,34,38)/t24-,25+,26?,30+,31?/m1/s1. The predicted molar refractivity (Wildman–Crippen MR) is 156 cm³/mol. The van der Waals surface area contributed by atoms with Gasteiger partial charge in [0, 0.05) is 29.5 Å². The highest BCUT2D eigenvalue weighted by Gasteiger charge is 2.77. The number of benzene rings is 2. The zero-order valence-electron chi connectivity index (χ0n) is 23.5. The van der Waals surface area contributed by atoms with Crippen LogP contribution < -0.4 is 15.4 Å². The predicted octanol–water partition coefficient (Wildman–Crippen LogP) is 4.63. The zero-order chi connectivity index (χ0) is 29.2. The maximum atomic E-state index is 14.1. The molecule has 3 amide bonds. The average molecular weight is 584 g/mol. The Labute approximate surface area is 245 Å². The largest absolute Gasteiger partial charge is 0.494 e. The summed E-state index contributed by atoms with van der Waals surface area (Å²) in [5, 5.41) is 15.6. The van der Waals surface area contributed by atoms with E-state index < -0.39 is 29.1 Å². The van der Waals surface area contributed by atoms with Crippen molar-refractivity contribution in [1.29, 1.82) is 0 Å². The average Bonchev–Trinajstić information content (AvgIpc) is 3.51. The molecular weight excluding hydrogens is 546 g/mol. The molecule has 41 heavy (non-hydrogen) atoms. The van der Waals surface area contributed by atoms with Gasteiger partial charge in [-0.3, -0.25) is 14.4 Å². The first-order valence-electron chi connectivity index (χ1n) is 14.4. The third kappa shape index (κ3) is 5.55. The van der Waals surface area contributed by atoms with Crippen molar-refractivity contribution < 1.29 is 29.0 Å². The van der Waals surface area contributed by atoms with E-state index in [2.05, 4.69) is 10.6 Å². The summed E-state index contributed by atoms with van der Waals surface area (Å²) in [6.07, 6.45) is 4.08. The number of halogens is 1. The molecule has 2 unspecified atom stereocenters. The topological polar surface area (TPSA) is 117 Å². The molecule has 3 aliphatic heterocycles. The van der Waals surface area contributed by atoms with Crippen molar-refractivity contribution in [2.45, 2.75) is 69.6 Å². The van der Waals surface area contributed by atoms with Crippen LogP contribution in [0.5, 0.6) is 5.75 Å². The van der Waals surface area contributed by atoms with Crippen molar-refractivity contribution in [3.8, 4) is 5.75 Å². The van der Waals surface area contributed by atoms with E-state index in [1.807, 2.05) is 13.8 Å². The number of hydrogen-bond donors (Lipinski definition) is 3. The van der Waals surface area contributed by atoms with Gasteiger partial charge in [-0.25, -0.2) is 0 Å². The van der Waals surface area contributed by atoms with Crippen LogP contribution >= 0.6 is 11.6 Å². The van der Waals surface area contributed by atoms with Crippen LogP contribution in [0.1, 0.15) is 52.4 Å². The van der Waals surface area contributed by atoms with Crippen LogP contribution in [0.15, 0.2) is 48.5 Å². The summed E-state index contributed by atoms with van der Waals surface area (Å²) in [7, 11) is 0. The molecule has 2 aromatic carbocycles. The van der Waals surface area contributed by atoms with Gasteiger partial charge in [-0.05, 0) is 88.1 Å². The minimum absolute atomic E-state index is 0.123. The number of ether oxygens (including phenoxy) is 2. The Morgan fingerprint density at radius 1 is 1.00 bits per heavy atom. The summed E-state index contributed by atoms with van der Waals surface area (Å²) in [4.78, 5) is 43.5. The van der Waals surface area contributed by atoms with E-state index in [-0.39, 0.29) is 24.3 Å². The van der Waals surface area contributed by atoms with Crippen molar-refractivity contribution in [1.82, 2.24) is 4.90 Å². The monoisotopic (exact) mass is 583 g/mol. The Morgan fingerprint density at radius 2 is 1.63 bits per heavy atom. The number of aliphatic hydroxyl groups is 1. The van der Waals surface area contributed by atoms with Gasteiger partial charge in [0.05, 0.1) is 24.0 Å². The molecular formula is C31H38ClN3O6. The van der Waals surface area contributed by atoms with Gasteiger partial charge in [-0.1, -0.05) is 24.4 Å². The van der Waals surface area contributed by atoms with Gasteiger partial charge in [0.25, 0.3) is 0 Å². The Bertz CT molecular complexity index is 1270. The molecule has 0 radical (unpaired) electrons. The molecule has 0 aromatic heterocycles. The number of likely N-dealkylation sites (tertiary alicyclic amines) is 1. The quantitative estimate of drug-likeness (QED) is 0.314. The minimum atomic E-state index is -1.10. The molecule has 3 fully saturated rings. The van der Waals surface area contributed by atoms with Gasteiger partial charge in [0.2, 0.25) is 17.7 Å². The van der Waals surface area contributed by atoms with Crippen molar-refractivity contribution in [2.75, 3.05) is 30.4 Å². The van der Waals surface area contributed by atoms with Crippen molar-refractivity contribution in [3.63, 3.8) is 0 Å². The second kappa shape index (κ2) is 12.0. The van der Waals surface area contributed by atoms with Crippen LogP contribution in [0.4, 0.5) is 11.4 Å². The van der Waals surface area contributed by atoms with Gasteiger partial charge in [-0.2, -0.15) is 0 Å². The molecule has 9 nitrogen and oxygen atoms in total. The number of amides is 3. The number of aliphatic hydroxyl groups excluding tert-OH is 1. The molecule has 0 aliphatic carbocycles. The molecule has 2 aromatic rings. The lowest BCUT2D eigenvalue weighted by Gasteiger charge is -2.33. The lowest BCUT2D eigenvalue weighted by Crippen LogP contribution is -2.53. The highest BCUT2D eigenvalue weighted by molar-refractivity contribution is 6.30. The van der Waals surface area contributed by atoms with E-state index >= 15 is 0 Å². The Morgan fingerprint density at radius 3 is 2.29 bits per heavy atom. The maximum Gasteiger partial charge on any atom is 0.250 e. The normalized spacial score (nSPS) is 28.0. The van der Waals surface area contributed by atoms with E-state index in [1.165, 1.54) is 0 Å². The second-order valence-electron chi connectivity index (χ2n) is 11.3. The number of nitrogens with one attached hydrogen (secondary N) is 2. The van der Waals surface area contributed by atoms with Gasteiger partial charge < -0.3 is 30.1 Å². The molecule has 220 valence electrons. The molecule has 3 aliphatic rings. The molecule has 3 heterocycles. The lowest BCUT2D eigenvalue weighted by atomic mass is 9.66. The summed E-state index contributed by atoms with van der Waals surface area (Å²) in [5.74, 6) is -1.68. The molecule has 3 saturated heterocycles. The number of nitrogens with zero attached hydrogens (tertiary/aromatic N) is 1.